The largest absolute Gasteiger partial charge is 0.395 e. The number of fused-ring (bicyclic) bond motifs is 1. The van der Waals surface area contributed by atoms with E-state index in [9.17, 15) is 14.3 Å². The molecule has 0 saturated heterocycles. The highest BCUT2D eigenvalue weighted by molar-refractivity contribution is 6.06. The molecule has 1 amide bonds. The highest BCUT2D eigenvalue weighted by atomic mass is 19.1. The van der Waals surface area contributed by atoms with Gasteiger partial charge in [0.15, 0.2) is 0 Å². The number of hydrogen-bond donors (Lipinski definition) is 1. The van der Waals surface area contributed by atoms with Crippen molar-refractivity contribution in [2.24, 2.45) is 0 Å². The van der Waals surface area contributed by atoms with Gasteiger partial charge in [0.25, 0.3) is 5.91 Å². The third-order valence-electron chi connectivity index (χ3n) is 4.41. The summed E-state index contributed by atoms with van der Waals surface area (Å²) >= 11 is 0. The summed E-state index contributed by atoms with van der Waals surface area (Å²) in [6.07, 6.45) is 0. The molecule has 0 unspecified atom stereocenters. The van der Waals surface area contributed by atoms with E-state index in [1.807, 2.05) is 31.2 Å². The zero-order valence-corrected chi connectivity index (χ0v) is 14.9. The topological polar surface area (TPSA) is 53.4 Å². The molecule has 3 rings (SSSR count). The van der Waals surface area contributed by atoms with Gasteiger partial charge in [-0.25, -0.2) is 4.39 Å². The van der Waals surface area contributed by atoms with Crippen LogP contribution in [-0.4, -0.2) is 34.0 Å². The van der Waals surface area contributed by atoms with E-state index >= 15 is 0 Å². The van der Waals surface area contributed by atoms with Crippen molar-refractivity contribution in [3.63, 3.8) is 0 Å². The molecule has 3 aromatic rings. The van der Waals surface area contributed by atoms with Crippen LogP contribution in [0.4, 0.5) is 4.39 Å². The fraction of sp³-hybridized carbons (Fsp3) is 0.238. The lowest BCUT2D eigenvalue weighted by molar-refractivity contribution is 0.0709. The minimum Gasteiger partial charge on any atom is -0.395 e. The highest BCUT2D eigenvalue weighted by Gasteiger charge is 2.20. The third kappa shape index (κ3) is 3.73. The van der Waals surface area contributed by atoms with Crippen molar-refractivity contribution >= 4 is 16.8 Å². The molecule has 4 nitrogen and oxygen atoms in total. The molecule has 0 aliphatic heterocycles. The maximum absolute atomic E-state index is 13.5. The number of nitrogens with zero attached hydrogens (tertiary/aromatic N) is 2. The van der Waals surface area contributed by atoms with Crippen molar-refractivity contribution in [2.45, 2.75) is 20.4 Å². The van der Waals surface area contributed by atoms with Gasteiger partial charge >= 0.3 is 0 Å². The summed E-state index contributed by atoms with van der Waals surface area (Å²) in [5.41, 5.74) is 3.67. The number of benzene rings is 2. The van der Waals surface area contributed by atoms with Crippen LogP contribution in [-0.2, 0) is 6.54 Å². The summed E-state index contributed by atoms with van der Waals surface area (Å²) in [5, 5.41) is 10.0. The van der Waals surface area contributed by atoms with Crippen LogP contribution in [0.5, 0.6) is 0 Å². The molecule has 0 atom stereocenters. The number of aromatic nitrogens is 1. The molecule has 134 valence electrons. The molecule has 0 radical (unpaired) electrons. The van der Waals surface area contributed by atoms with Crippen molar-refractivity contribution in [2.75, 3.05) is 13.2 Å². The first kappa shape index (κ1) is 18.0. The number of aliphatic hydroxyl groups is 1. The van der Waals surface area contributed by atoms with Gasteiger partial charge in [0.1, 0.15) is 5.82 Å². The van der Waals surface area contributed by atoms with Gasteiger partial charge < -0.3 is 10.0 Å². The zero-order chi connectivity index (χ0) is 18.7. The Hall–Kier alpha value is -2.79. The fourth-order valence-corrected chi connectivity index (χ4v) is 3.05. The van der Waals surface area contributed by atoms with E-state index in [0.717, 1.165) is 11.1 Å². The van der Waals surface area contributed by atoms with Gasteiger partial charge in [-0.3, -0.25) is 9.78 Å². The summed E-state index contributed by atoms with van der Waals surface area (Å²) < 4.78 is 13.5. The van der Waals surface area contributed by atoms with Crippen LogP contribution < -0.4 is 0 Å². The van der Waals surface area contributed by atoms with Gasteiger partial charge in [-0.05, 0) is 43.2 Å². The predicted octanol–water partition coefficient (Wildman–Crippen LogP) is 3.63. The average molecular weight is 352 g/mol. The van der Waals surface area contributed by atoms with Crippen LogP contribution in [0.3, 0.4) is 0 Å². The second kappa shape index (κ2) is 7.62. The molecular weight excluding hydrogens is 331 g/mol. The fourth-order valence-electron chi connectivity index (χ4n) is 3.05. The average Bonchev–Trinajstić information content (AvgIpc) is 2.61. The zero-order valence-electron chi connectivity index (χ0n) is 14.9. The quantitative estimate of drug-likeness (QED) is 0.763. The predicted molar refractivity (Wildman–Crippen MR) is 99.4 cm³/mol. The van der Waals surface area contributed by atoms with Crippen LogP contribution in [0.1, 0.15) is 27.2 Å². The second-order valence-corrected chi connectivity index (χ2v) is 6.35. The molecule has 5 heteroatoms. The lowest BCUT2D eigenvalue weighted by atomic mass is 10.0. The first-order valence-electron chi connectivity index (χ1n) is 8.51. The molecular formula is C21H21FN2O2. The molecule has 1 aromatic heterocycles. The van der Waals surface area contributed by atoms with Crippen molar-refractivity contribution in [1.29, 1.82) is 0 Å². The van der Waals surface area contributed by atoms with E-state index in [2.05, 4.69) is 4.98 Å². The summed E-state index contributed by atoms with van der Waals surface area (Å²) in [7, 11) is 0. The number of hydrogen-bond acceptors (Lipinski definition) is 3. The Morgan fingerprint density at radius 1 is 1.15 bits per heavy atom. The number of rotatable bonds is 5. The van der Waals surface area contributed by atoms with Gasteiger partial charge in [-0.2, -0.15) is 0 Å². The minimum absolute atomic E-state index is 0.131. The smallest absolute Gasteiger partial charge is 0.254 e. The maximum atomic E-state index is 13.5. The van der Waals surface area contributed by atoms with Crippen molar-refractivity contribution in [3.8, 4) is 0 Å². The van der Waals surface area contributed by atoms with Crippen LogP contribution in [0.25, 0.3) is 10.9 Å². The van der Waals surface area contributed by atoms with Crippen LogP contribution in [0, 0.1) is 19.7 Å². The van der Waals surface area contributed by atoms with E-state index in [0.29, 0.717) is 28.7 Å². The van der Waals surface area contributed by atoms with Gasteiger partial charge in [0, 0.05) is 30.2 Å². The normalized spacial score (nSPS) is 10.9. The van der Waals surface area contributed by atoms with Crippen molar-refractivity contribution in [1.82, 2.24) is 9.88 Å². The third-order valence-corrected chi connectivity index (χ3v) is 4.41. The lowest BCUT2D eigenvalue weighted by Crippen LogP contribution is -2.33. The number of aliphatic hydroxyl groups excluding tert-OH is 1. The molecule has 0 saturated carbocycles. The van der Waals surface area contributed by atoms with Crippen LogP contribution in [0.2, 0.25) is 0 Å². The number of amides is 1. The summed E-state index contributed by atoms with van der Waals surface area (Å²) in [6, 6.07) is 13.8. The van der Waals surface area contributed by atoms with Gasteiger partial charge in [0.2, 0.25) is 0 Å². The van der Waals surface area contributed by atoms with E-state index in [4.69, 9.17) is 0 Å². The Bertz CT molecular complexity index is 951. The van der Waals surface area contributed by atoms with E-state index in [-0.39, 0.29) is 24.9 Å². The van der Waals surface area contributed by atoms with Gasteiger partial charge in [-0.15, -0.1) is 0 Å². The molecule has 2 aromatic carbocycles. The monoisotopic (exact) mass is 352 g/mol. The Kier molecular flexibility index (Phi) is 5.28. The highest BCUT2D eigenvalue weighted by Crippen LogP contribution is 2.22. The van der Waals surface area contributed by atoms with Crippen molar-refractivity contribution in [3.05, 3.63) is 76.7 Å². The van der Waals surface area contributed by atoms with Crippen molar-refractivity contribution < 1.29 is 14.3 Å². The Labute approximate surface area is 151 Å². The molecule has 1 heterocycles. The molecule has 1 N–H and O–H groups in total. The van der Waals surface area contributed by atoms with E-state index < -0.39 is 0 Å². The molecule has 26 heavy (non-hydrogen) atoms. The first-order chi connectivity index (χ1) is 12.5. The number of carbonyl (C=O) groups excluding carboxylic acids is 1. The summed E-state index contributed by atoms with van der Waals surface area (Å²) in [4.78, 5) is 19.1. The summed E-state index contributed by atoms with van der Waals surface area (Å²) in [6.45, 7) is 4.26. The second-order valence-electron chi connectivity index (χ2n) is 6.35. The first-order valence-corrected chi connectivity index (χ1v) is 8.51. The minimum atomic E-state index is -0.388. The molecule has 0 aliphatic carbocycles. The molecule has 0 spiro atoms. The maximum Gasteiger partial charge on any atom is 0.254 e. The van der Waals surface area contributed by atoms with E-state index in [1.54, 1.807) is 24.0 Å². The molecule has 0 fully saturated rings. The Morgan fingerprint density at radius 2 is 1.92 bits per heavy atom. The molecule has 0 bridgehead atoms. The SMILES string of the molecule is Cc1cc(C(=O)N(CCO)Cc2ccccc2C)c2ccc(F)cc2n1. The van der Waals surface area contributed by atoms with Gasteiger partial charge in [0.05, 0.1) is 17.7 Å². The Morgan fingerprint density at radius 3 is 2.65 bits per heavy atom. The van der Waals surface area contributed by atoms with Crippen LogP contribution >= 0.6 is 0 Å². The molecule has 0 aliphatic rings. The van der Waals surface area contributed by atoms with E-state index in [1.165, 1.54) is 12.1 Å². The standard InChI is InChI=1S/C21H21FN2O2/c1-14-5-3-4-6-16(14)13-24(9-10-25)21(26)19-11-15(2)23-20-12-17(22)7-8-18(19)20/h3-8,11-12,25H,9-10,13H2,1-2H3. The number of aryl methyl sites for hydroxylation is 2. The summed E-state index contributed by atoms with van der Waals surface area (Å²) in [5.74, 6) is -0.592. The Balaban J connectivity index is 2.02. The number of carbonyl (C=O) groups is 1. The number of halogens is 1. The van der Waals surface area contributed by atoms with Gasteiger partial charge in [-0.1, -0.05) is 24.3 Å². The van der Waals surface area contributed by atoms with Crippen LogP contribution in [0.15, 0.2) is 48.5 Å². The number of pyridine rings is 1. The lowest BCUT2D eigenvalue weighted by Gasteiger charge is -2.23.